The van der Waals surface area contributed by atoms with Crippen LogP contribution in [-0.4, -0.2) is 76.7 Å². The van der Waals surface area contributed by atoms with E-state index in [9.17, 15) is 32.8 Å². The number of hydrogen-bond acceptors (Lipinski definition) is 6. The van der Waals surface area contributed by atoms with E-state index in [4.69, 9.17) is 4.74 Å². The first-order valence-electron chi connectivity index (χ1n) is 12.2. The first kappa shape index (κ1) is 30.7. The molecule has 10 nitrogen and oxygen atoms in total. The number of likely N-dealkylation sites (tertiary alicyclic amines) is 1. The second kappa shape index (κ2) is 11.4. The van der Waals surface area contributed by atoms with Gasteiger partial charge in [-0.1, -0.05) is 26.8 Å². The molecule has 0 saturated carbocycles. The van der Waals surface area contributed by atoms with Crippen LogP contribution in [0, 0.1) is 17.0 Å². The highest BCUT2D eigenvalue weighted by atomic mass is 19.1. The molecule has 1 aliphatic heterocycles. The van der Waals surface area contributed by atoms with Gasteiger partial charge in [0.2, 0.25) is 17.7 Å². The monoisotopic (exact) mass is 538 g/mol. The molecule has 1 fully saturated rings. The highest BCUT2D eigenvalue weighted by molar-refractivity contribution is 6.05. The molecule has 0 aromatic heterocycles. The van der Waals surface area contributed by atoms with Crippen LogP contribution in [0.3, 0.4) is 0 Å². The SMILES string of the molecule is C[C@@H](C(=O)N[C@H](C(=O)N1CC(=O)C[C@H]1C(=O)Nc1c(F)cccc1F)C(C)(C)C)N(C)C(=O)OC(C)(C)C. The number of halogens is 2. The number of hydrogen-bond donors (Lipinski definition) is 2. The lowest BCUT2D eigenvalue weighted by Gasteiger charge is -2.36. The molecular weight excluding hydrogens is 502 g/mol. The zero-order valence-electron chi connectivity index (χ0n) is 23.0. The van der Waals surface area contributed by atoms with Crippen LogP contribution in [0.25, 0.3) is 0 Å². The highest BCUT2D eigenvalue weighted by Gasteiger charge is 2.45. The fourth-order valence-corrected chi connectivity index (χ4v) is 3.73. The van der Waals surface area contributed by atoms with Crippen molar-refractivity contribution in [3.8, 4) is 0 Å². The summed E-state index contributed by atoms with van der Waals surface area (Å²) in [7, 11) is 1.38. The lowest BCUT2D eigenvalue weighted by atomic mass is 9.85. The van der Waals surface area contributed by atoms with E-state index in [1.165, 1.54) is 14.0 Å². The number of amides is 4. The van der Waals surface area contributed by atoms with E-state index in [2.05, 4.69) is 10.6 Å². The quantitative estimate of drug-likeness (QED) is 0.574. The summed E-state index contributed by atoms with van der Waals surface area (Å²) in [6.45, 7) is 11.1. The van der Waals surface area contributed by atoms with Crippen LogP contribution in [0.4, 0.5) is 19.3 Å². The van der Waals surface area contributed by atoms with Crippen LogP contribution < -0.4 is 10.6 Å². The molecule has 210 valence electrons. The Morgan fingerprint density at radius 1 is 1.08 bits per heavy atom. The maximum absolute atomic E-state index is 14.1. The van der Waals surface area contributed by atoms with Gasteiger partial charge in [0.25, 0.3) is 0 Å². The zero-order chi connectivity index (χ0) is 29.2. The summed E-state index contributed by atoms with van der Waals surface area (Å²) in [5.74, 6) is -4.77. The maximum Gasteiger partial charge on any atom is 0.410 e. The van der Waals surface area contributed by atoms with Gasteiger partial charge in [-0.25, -0.2) is 13.6 Å². The zero-order valence-corrected chi connectivity index (χ0v) is 23.0. The summed E-state index contributed by atoms with van der Waals surface area (Å²) in [5, 5.41) is 4.76. The number of anilines is 1. The third-order valence-corrected chi connectivity index (χ3v) is 5.98. The van der Waals surface area contributed by atoms with E-state index in [1.807, 2.05) is 0 Å². The van der Waals surface area contributed by atoms with Gasteiger partial charge in [0.15, 0.2) is 5.78 Å². The Morgan fingerprint density at radius 2 is 1.63 bits per heavy atom. The van der Waals surface area contributed by atoms with Gasteiger partial charge >= 0.3 is 6.09 Å². The van der Waals surface area contributed by atoms with Crippen molar-refractivity contribution < 1.29 is 37.5 Å². The molecule has 0 bridgehead atoms. The standard InChI is InChI=1S/C26H36F2N4O6/c1-14(31(8)24(37)38-26(5,6)7)21(34)30-20(25(2,3)4)23(36)32-13-15(33)12-18(32)22(35)29-19-16(27)10-9-11-17(19)28/h9-11,14,18,20H,12-13H2,1-8H3,(H,29,35)(H,30,34)/t14-,18-,20+/m0/s1. The summed E-state index contributed by atoms with van der Waals surface area (Å²) >= 11 is 0. The number of ether oxygens (including phenoxy) is 1. The van der Waals surface area contributed by atoms with Crippen molar-refractivity contribution in [1.29, 1.82) is 0 Å². The van der Waals surface area contributed by atoms with Gasteiger partial charge in [-0.15, -0.1) is 0 Å². The van der Waals surface area contributed by atoms with Crippen molar-refractivity contribution in [2.45, 2.75) is 78.6 Å². The number of ketones is 1. The van der Waals surface area contributed by atoms with Crippen molar-refractivity contribution in [2.75, 3.05) is 18.9 Å². The number of nitrogens with zero attached hydrogens (tertiary/aromatic N) is 2. The van der Waals surface area contributed by atoms with Crippen molar-refractivity contribution in [1.82, 2.24) is 15.1 Å². The van der Waals surface area contributed by atoms with Gasteiger partial charge < -0.3 is 20.3 Å². The normalized spacial score (nSPS) is 17.5. The minimum atomic E-state index is -1.34. The summed E-state index contributed by atoms with van der Waals surface area (Å²) in [6, 6.07) is -0.503. The Balaban J connectivity index is 2.25. The molecule has 1 heterocycles. The lowest BCUT2D eigenvalue weighted by molar-refractivity contribution is -0.143. The molecule has 2 N–H and O–H groups in total. The summed E-state index contributed by atoms with van der Waals surface area (Å²) < 4.78 is 33.4. The fraction of sp³-hybridized carbons (Fsp3) is 0.577. The maximum atomic E-state index is 14.1. The number of para-hydroxylation sites is 1. The summed E-state index contributed by atoms with van der Waals surface area (Å²) in [4.78, 5) is 66.4. The van der Waals surface area contributed by atoms with Crippen molar-refractivity contribution in [3.63, 3.8) is 0 Å². The first-order valence-corrected chi connectivity index (χ1v) is 12.2. The van der Waals surface area contributed by atoms with Gasteiger partial charge in [-0.05, 0) is 45.2 Å². The van der Waals surface area contributed by atoms with Crippen molar-refractivity contribution in [3.05, 3.63) is 29.8 Å². The molecule has 3 atom stereocenters. The molecule has 12 heteroatoms. The van der Waals surface area contributed by atoms with Gasteiger partial charge in [0, 0.05) is 13.5 Å². The highest BCUT2D eigenvalue weighted by Crippen LogP contribution is 2.27. The summed E-state index contributed by atoms with van der Waals surface area (Å²) in [6.07, 6.45) is -1.09. The van der Waals surface area contributed by atoms with E-state index in [1.54, 1.807) is 41.5 Å². The van der Waals surface area contributed by atoms with Crippen LogP contribution in [0.2, 0.25) is 0 Å². The smallest absolute Gasteiger partial charge is 0.410 e. The molecule has 1 saturated heterocycles. The molecule has 0 radical (unpaired) electrons. The second-order valence-electron chi connectivity index (χ2n) is 11.4. The van der Waals surface area contributed by atoms with E-state index in [0.717, 1.165) is 28.0 Å². The van der Waals surface area contributed by atoms with Crippen LogP contribution in [0.1, 0.15) is 54.9 Å². The third-order valence-electron chi connectivity index (χ3n) is 5.98. The van der Waals surface area contributed by atoms with Gasteiger partial charge in [-0.2, -0.15) is 0 Å². The Labute approximate surface area is 221 Å². The Kier molecular flexibility index (Phi) is 9.23. The first-order chi connectivity index (χ1) is 17.3. The van der Waals surface area contributed by atoms with Gasteiger partial charge in [-0.3, -0.25) is 24.1 Å². The van der Waals surface area contributed by atoms with Crippen molar-refractivity contribution in [2.24, 2.45) is 5.41 Å². The minimum Gasteiger partial charge on any atom is -0.444 e. The number of Topliss-reactive ketones (excluding diaryl/α,β-unsaturated/α-hetero) is 1. The second-order valence-corrected chi connectivity index (χ2v) is 11.4. The molecule has 1 aliphatic rings. The van der Waals surface area contributed by atoms with E-state index < -0.39 is 82.6 Å². The Bertz CT molecular complexity index is 1090. The molecule has 1 aromatic carbocycles. The Morgan fingerprint density at radius 3 is 2.13 bits per heavy atom. The predicted octanol–water partition coefficient (Wildman–Crippen LogP) is 2.86. The van der Waals surface area contributed by atoms with Crippen LogP contribution in [0.15, 0.2) is 18.2 Å². The van der Waals surface area contributed by atoms with Crippen LogP contribution >= 0.6 is 0 Å². The molecule has 0 spiro atoms. The predicted molar refractivity (Wildman–Crippen MR) is 135 cm³/mol. The number of nitrogens with one attached hydrogen (secondary N) is 2. The van der Waals surface area contributed by atoms with E-state index >= 15 is 0 Å². The molecule has 0 unspecified atom stereocenters. The lowest BCUT2D eigenvalue weighted by Crippen LogP contribution is -2.60. The molecule has 2 rings (SSSR count). The average molecular weight is 539 g/mol. The van der Waals surface area contributed by atoms with Crippen LogP contribution in [-0.2, 0) is 23.9 Å². The molecule has 0 aliphatic carbocycles. The molecule has 38 heavy (non-hydrogen) atoms. The molecular formula is C26H36F2N4O6. The molecule has 4 amide bonds. The van der Waals surface area contributed by atoms with E-state index in [0.29, 0.717) is 0 Å². The summed E-state index contributed by atoms with van der Waals surface area (Å²) in [5.41, 5.74) is -2.35. The number of carbonyl (C=O) groups is 5. The fourth-order valence-electron chi connectivity index (χ4n) is 3.73. The minimum absolute atomic E-state index is 0.351. The van der Waals surface area contributed by atoms with E-state index in [-0.39, 0.29) is 6.42 Å². The largest absolute Gasteiger partial charge is 0.444 e. The topological polar surface area (TPSA) is 125 Å². The van der Waals surface area contributed by atoms with Crippen molar-refractivity contribution >= 4 is 35.3 Å². The van der Waals surface area contributed by atoms with Gasteiger partial charge in [0.05, 0.1) is 6.54 Å². The number of benzene rings is 1. The Hall–Kier alpha value is -3.57. The third kappa shape index (κ3) is 7.48. The number of rotatable bonds is 6. The molecule has 1 aromatic rings. The van der Waals surface area contributed by atoms with Crippen LogP contribution in [0.5, 0.6) is 0 Å². The number of carbonyl (C=O) groups excluding carboxylic acids is 5. The van der Waals surface area contributed by atoms with Gasteiger partial charge in [0.1, 0.15) is 41.0 Å². The number of likely N-dealkylation sites (N-methyl/N-ethyl adjacent to an activating group) is 1. The average Bonchev–Trinajstić information content (AvgIpc) is 3.18.